The average molecular weight is 230 g/mol. The number of ketones is 1. The van der Waals surface area contributed by atoms with E-state index in [4.69, 9.17) is 0 Å². The zero-order chi connectivity index (χ0) is 11.5. The van der Waals surface area contributed by atoms with Crippen LogP contribution < -0.4 is 21.7 Å². The molecule has 0 aromatic rings. The van der Waals surface area contributed by atoms with Crippen LogP contribution in [0, 0.1) is 0 Å². The minimum absolute atomic E-state index is 0.0440. The molecule has 7 nitrogen and oxygen atoms in total. The van der Waals surface area contributed by atoms with Crippen molar-refractivity contribution in [3.63, 3.8) is 0 Å². The Balaban J connectivity index is 1.90. The summed E-state index contributed by atoms with van der Waals surface area (Å²) in [7, 11) is 0. The third-order valence-corrected chi connectivity index (χ3v) is 2.93. The van der Waals surface area contributed by atoms with Crippen LogP contribution in [-0.4, -0.2) is 53.4 Å². The Hall–Kier alpha value is -0.570. The fraction of sp³-hybridized carbons (Fsp3) is 0.889. The molecule has 0 aromatic carbocycles. The molecule has 2 fully saturated rings. The molecule has 2 heterocycles. The number of aliphatic hydroxyl groups is 2. The standard InChI is InChI=1S/C9H18N4O3/c14-5-1-7(12-10-3-5)9(16)8-2-6(15)4-11-13-8/h5-8,10-15H,1-4H2. The van der Waals surface area contributed by atoms with Crippen molar-refractivity contribution in [1.29, 1.82) is 0 Å². The summed E-state index contributed by atoms with van der Waals surface area (Å²) in [5.74, 6) is -0.0440. The van der Waals surface area contributed by atoms with Crippen LogP contribution in [0.5, 0.6) is 0 Å². The van der Waals surface area contributed by atoms with Gasteiger partial charge in [-0.25, -0.2) is 10.9 Å². The molecule has 0 aliphatic carbocycles. The fourth-order valence-electron chi connectivity index (χ4n) is 2.05. The number of hydrogen-bond donors (Lipinski definition) is 6. The van der Waals surface area contributed by atoms with E-state index >= 15 is 0 Å². The summed E-state index contributed by atoms with van der Waals surface area (Å²) in [4.78, 5) is 12.0. The highest BCUT2D eigenvalue weighted by Gasteiger charge is 2.33. The van der Waals surface area contributed by atoms with Gasteiger partial charge in [-0.3, -0.25) is 15.6 Å². The van der Waals surface area contributed by atoms with Gasteiger partial charge in [-0.15, -0.1) is 0 Å². The lowest BCUT2D eigenvalue weighted by molar-refractivity contribution is -0.127. The van der Waals surface area contributed by atoms with Gasteiger partial charge in [0.05, 0.1) is 24.3 Å². The summed E-state index contributed by atoms with van der Waals surface area (Å²) in [5, 5.41) is 18.9. The number of β-amino-alcohol motifs (C(OH)–C–C–N with tert-alkyl or cyclic N) is 2. The number of hydrazine groups is 2. The Kier molecular flexibility index (Phi) is 3.85. The molecule has 16 heavy (non-hydrogen) atoms. The van der Waals surface area contributed by atoms with Gasteiger partial charge in [0.2, 0.25) is 0 Å². The molecule has 0 saturated carbocycles. The number of hydrogen-bond acceptors (Lipinski definition) is 7. The van der Waals surface area contributed by atoms with Gasteiger partial charge in [0.25, 0.3) is 0 Å². The molecule has 0 bridgehead atoms. The lowest BCUT2D eigenvalue weighted by Gasteiger charge is -2.33. The Morgan fingerprint density at radius 2 is 1.38 bits per heavy atom. The quantitative estimate of drug-likeness (QED) is 0.300. The van der Waals surface area contributed by atoms with E-state index in [9.17, 15) is 15.0 Å². The SMILES string of the molecule is O=C(C1CC(O)CNN1)C1CC(O)CNN1. The van der Waals surface area contributed by atoms with Crippen molar-refractivity contribution in [2.75, 3.05) is 13.1 Å². The van der Waals surface area contributed by atoms with Crippen LogP contribution in [0.4, 0.5) is 0 Å². The van der Waals surface area contributed by atoms with Crippen molar-refractivity contribution in [2.45, 2.75) is 37.1 Å². The van der Waals surface area contributed by atoms with Crippen molar-refractivity contribution in [1.82, 2.24) is 21.7 Å². The molecular formula is C9H18N4O3. The first-order valence-corrected chi connectivity index (χ1v) is 5.53. The number of carbonyl (C=O) groups excluding carboxylic acids is 1. The predicted molar refractivity (Wildman–Crippen MR) is 56.1 cm³/mol. The second-order valence-corrected chi connectivity index (χ2v) is 4.34. The summed E-state index contributed by atoms with van der Waals surface area (Å²) in [6.07, 6.45) is -0.200. The monoisotopic (exact) mass is 230 g/mol. The van der Waals surface area contributed by atoms with E-state index in [1.807, 2.05) is 0 Å². The Labute approximate surface area is 93.5 Å². The van der Waals surface area contributed by atoms with Gasteiger partial charge in [0.15, 0.2) is 5.78 Å². The van der Waals surface area contributed by atoms with Crippen LogP contribution in [-0.2, 0) is 4.79 Å². The Morgan fingerprint density at radius 1 is 0.938 bits per heavy atom. The summed E-state index contributed by atoms with van der Waals surface area (Å²) in [5.41, 5.74) is 11.3. The van der Waals surface area contributed by atoms with Gasteiger partial charge in [-0.1, -0.05) is 0 Å². The van der Waals surface area contributed by atoms with Crippen LogP contribution in [0.2, 0.25) is 0 Å². The smallest absolute Gasteiger partial charge is 0.169 e. The zero-order valence-electron chi connectivity index (χ0n) is 8.94. The second kappa shape index (κ2) is 5.17. The molecule has 92 valence electrons. The van der Waals surface area contributed by atoms with Crippen molar-refractivity contribution < 1.29 is 15.0 Å². The van der Waals surface area contributed by atoms with E-state index in [1.165, 1.54) is 0 Å². The van der Waals surface area contributed by atoms with E-state index in [-0.39, 0.29) is 5.78 Å². The van der Waals surface area contributed by atoms with E-state index in [0.717, 1.165) is 0 Å². The number of rotatable bonds is 2. The Morgan fingerprint density at radius 3 is 1.75 bits per heavy atom. The number of aliphatic hydroxyl groups excluding tert-OH is 2. The predicted octanol–water partition coefficient (Wildman–Crippen LogP) is -2.99. The average Bonchev–Trinajstić information content (AvgIpc) is 2.28. The van der Waals surface area contributed by atoms with Gasteiger partial charge in [-0.05, 0) is 12.8 Å². The first-order valence-electron chi connectivity index (χ1n) is 5.53. The number of carbonyl (C=O) groups is 1. The highest BCUT2D eigenvalue weighted by atomic mass is 16.3. The largest absolute Gasteiger partial charge is 0.392 e. The summed E-state index contributed by atoms with van der Waals surface area (Å²) in [6.45, 7) is 0.894. The van der Waals surface area contributed by atoms with Crippen molar-refractivity contribution >= 4 is 5.78 Å². The molecule has 0 aromatic heterocycles. The van der Waals surface area contributed by atoms with Crippen LogP contribution >= 0.6 is 0 Å². The highest BCUT2D eigenvalue weighted by molar-refractivity contribution is 5.89. The van der Waals surface area contributed by atoms with Crippen LogP contribution in [0.25, 0.3) is 0 Å². The molecular weight excluding hydrogens is 212 g/mol. The van der Waals surface area contributed by atoms with Gasteiger partial charge >= 0.3 is 0 Å². The van der Waals surface area contributed by atoms with Crippen molar-refractivity contribution in [3.05, 3.63) is 0 Å². The molecule has 4 atom stereocenters. The van der Waals surface area contributed by atoms with E-state index in [2.05, 4.69) is 21.7 Å². The molecule has 2 saturated heterocycles. The lowest BCUT2D eigenvalue weighted by Crippen LogP contribution is -2.62. The van der Waals surface area contributed by atoms with Gasteiger partial charge < -0.3 is 10.2 Å². The molecule has 0 amide bonds. The molecule has 6 N–H and O–H groups in total. The topological polar surface area (TPSA) is 106 Å². The maximum absolute atomic E-state index is 12.0. The normalized spacial score (nSPS) is 40.6. The van der Waals surface area contributed by atoms with Crippen molar-refractivity contribution in [2.24, 2.45) is 0 Å². The van der Waals surface area contributed by atoms with Gasteiger partial charge in [0, 0.05) is 13.1 Å². The first-order chi connectivity index (χ1) is 7.66. The zero-order valence-corrected chi connectivity index (χ0v) is 8.94. The summed E-state index contributed by atoms with van der Waals surface area (Å²) >= 11 is 0. The lowest BCUT2D eigenvalue weighted by atomic mass is 9.94. The van der Waals surface area contributed by atoms with E-state index in [0.29, 0.717) is 25.9 Å². The van der Waals surface area contributed by atoms with E-state index in [1.54, 1.807) is 0 Å². The second-order valence-electron chi connectivity index (χ2n) is 4.34. The maximum atomic E-state index is 12.0. The highest BCUT2D eigenvalue weighted by Crippen LogP contribution is 2.10. The van der Waals surface area contributed by atoms with E-state index < -0.39 is 24.3 Å². The molecule has 0 radical (unpaired) electrons. The summed E-state index contributed by atoms with van der Waals surface area (Å²) in [6, 6.07) is -0.818. The van der Waals surface area contributed by atoms with Gasteiger partial charge in [0.1, 0.15) is 0 Å². The molecule has 2 rings (SSSR count). The third-order valence-electron chi connectivity index (χ3n) is 2.93. The third kappa shape index (κ3) is 2.76. The fourth-order valence-corrected chi connectivity index (χ4v) is 2.05. The summed E-state index contributed by atoms with van der Waals surface area (Å²) < 4.78 is 0. The molecule has 7 heteroatoms. The molecule has 4 unspecified atom stereocenters. The van der Waals surface area contributed by atoms with Crippen LogP contribution in [0.3, 0.4) is 0 Å². The minimum Gasteiger partial charge on any atom is -0.392 e. The maximum Gasteiger partial charge on any atom is 0.169 e. The molecule has 2 aliphatic heterocycles. The molecule has 0 spiro atoms. The van der Waals surface area contributed by atoms with Crippen LogP contribution in [0.15, 0.2) is 0 Å². The number of Topliss-reactive ketones (excluding diaryl/α,β-unsaturated/α-hetero) is 1. The molecule has 2 aliphatic rings. The van der Waals surface area contributed by atoms with Gasteiger partial charge in [-0.2, -0.15) is 0 Å². The number of nitrogens with one attached hydrogen (secondary N) is 4. The minimum atomic E-state index is -0.503. The Bertz CT molecular complexity index is 239. The first kappa shape index (κ1) is 11.9. The van der Waals surface area contributed by atoms with Crippen molar-refractivity contribution in [3.8, 4) is 0 Å². The van der Waals surface area contributed by atoms with Crippen LogP contribution in [0.1, 0.15) is 12.8 Å².